The number of hydrogen-bond donors (Lipinski definition) is 2. The number of anilines is 2. The van der Waals surface area contributed by atoms with E-state index >= 15 is 0 Å². The molecule has 0 bridgehead atoms. The van der Waals surface area contributed by atoms with Gasteiger partial charge in [0.15, 0.2) is 17.3 Å². The van der Waals surface area contributed by atoms with Gasteiger partial charge in [0.05, 0.1) is 0 Å². The molecule has 2 heterocycles. The number of benzene rings is 1. The summed E-state index contributed by atoms with van der Waals surface area (Å²) in [6, 6.07) is 9.41. The predicted octanol–water partition coefficient (Wildman–Crippen LogP) is 3.34. The van der Waals surface area contributed by atoms with Gasteiger partial charge in [-0.05, 0) is 42.7 Å². The summed E-state index contributed by atoms with van der Waals surface area (Å²) >= 11 is 0. The van der Waals surface area contributed by atoms with Gasteiger partial charge < -0.3 is 20.1 Å². The zero-order chi connectivity index (χ0) is 17.8. The molecule has 1 amide bonds. The summed E-state index contributed by atoms with van der Waals surface area (Å²) in [6.07, 6.45) is 5.43. The first kappa shape index (κ1) is 16.6. The number of fused-ring (bicyclic) bond motifs is 1. The van der Waals surface area contributed by atoms with E-state index in [1.807, 2.05) is 24.3 Å². The highest BCUT2D eigenvalue weighted by atomic mass is 16.7. The molecule has 26 heavy (non-hydrogen) atoms. The third kappa shape index (κ3) is 3.87. The number of nitrogens with zero attached hydrogens (tertiary/aromatic N) is 2. The lowest BCUT2D eigenvalue weighted by Gasteiger charge is -2.20. The maximum absolute atomic E-state index is 12.2. The van der Waals surface area contributed by atoms with Crippen molar-refractivity contribution in [2.45, 2.75) is 38.6 Å². The Morgan fingerprint density at radius 1 is 1.00 bits per heavy atom. The molecule has 2 aromatic rings. The van der Waals surface area contributed by atoms with Gasteiger partial charge in [-0.3, -0.25) is 4.79 Å². The molecule has 0 saturated heterocycles. The van der Waals surface area contributed by atoms with Crippen molar-refractivity contribution < 1.29 is 14.3 Å². The van der Waals surface area contributed by atoms with E-state index < -0.39 is 0 Å². The van der Waals surface area contributed by atoms with Gasteiger partial charge in [-0.25, -0.2) is 0 Å². The number of aromatic nitrogens is 2. The Hall–Kier alpha value is -2.83. The van der Waals surface area contributed by atoms with E-state index in [1.54, 1.807) is 6.07 Å². The van der Waals surface area contributed by atoms with Gasteiger partial charge in [0.1, 0.15) is 5.82 Å². The summed E-state index contributed by atoms with van der Waals surface area (Å²) < 4.78 is 10.7. The average molecular weight is 354 g/mol. The number of rotatable bonds is 5. The molecule has 1 fully saturated rings. The molecule has 0 unspecified atom stereocenters. The Kier molecular flexibility index (Phi) is 4.86. The zero-order valence-electron chi connectivity index (χ0n) is 14.5. The molecule has 1 aliphatic heterocycles. The second-order valence-corrected chi connectivity index (χ2v) is 6.67. The van der Waals surface area contributed by atoms with Crippen LogP contribution in [0.15, 0.2) is 30.3 Å². The summed E-state index contributed by atoms with van der Waals surface area (Å²) in [7, 11) is 0. The molecule has 7 heteroatoms. The van der Waals surface area contributed by atoms with Gasteiger partial charge in [0, 0.05) is 12.5 Å². The Bertz CT molecular complexity index is 773. The van der Waals surface area contributed by atoms with Gasteiger partial charge in [-0.15, -0.1) is 10.2 Å². The van der Waals surface area contributed by atoms with Crippen LogP contribution in [-0.4, -0.2) is 22.9 Å². The van der Waals surface area contributed by atoms with Crippen LogP contribution in [0.2, 0.25) is 0 Å². The average Bonchev–Trinajstić information content (AvgIpc) is 3.16. The fourth-order valence-corrected chi connectivity index (χ4v) is 3.33. The molecule has 1 aromatic heterocycles. The SMILES string of the molecule is O=C(Nc1ccc(NCc2ccc3c(c2)OCO3)nn1)C1CCCCC1. The van der Waals surface area contributed by atoms with Gasteiger partial charge in [0.25, 0.3) is 0 Å². The van der Waals surface area contributed by atoms with Crippen molar-refractivity contribution in [3.63, 3.8) is 0 Å². The van der Waals surface area contributed by atoms with Crippen molar-refractivity contribution in [1.29, 1.82) is 0 Å². The van der Waals surface area contributed by atoms with Crippen molar-refractivity contribution in [3.8, 4) is 11.5 Å². The fraction of sp³-hybridized carbons (Fsp3) is 0.421. The van der Waals surface area contributed by atoms with Crippen molar-refractivity contribution in [1.82, 2.24) is 10.2 Å². The van der Waals surface area contributed by atoms with Crippen LogP contribution in [0.5, 0.6) is 11.5 Å². The molecular formula is C19H22N4O3. The largest absolute Gasteiger partial charge is 0.454 e. The molecular weight excluding hydrogens is 332 g/mol. The standard InChI is InChI=1S/C19H22N4O3/c24-19(14-4-2-1-3-5-14)21-18-9-8-17(22-23-18)20-11-13-6-7-15-16(10-13)26-12-25-15/h6-10,14H,1-5,11-12H2,(H,20,22)(H,21,23,24). The van der Waals surface area contributed by atoms with Gasteiger partial charge >= 0.3 is 0 Å². The third-order valence-corrected chi connectivity index (χ3v) is 4.80. The first-order chi connectivity index (χ1) is 12.8. The highest BCUT2D eigenvalue weighted by molar-refractivity contribution is 5.91. The minimum absolute atomic E-state index is 0.0556. The van der Waals surface area contributed by atoms with Crippen LogP contribution in [0, 0.1) is 5.92 Å². The van der Waals surface area contributed by atoms with E-state index in [9.17, 15) is 4.79 Å². The van der Waals surface area contributed by atoms with Crippen LogP contribution < -0.4 is 20.1 Å². The Morgan fingerprint density at radius 3 is 2.58 bits per heavy atom. The van der Waals surface area contributed by atoms with E-state index in [-0.39, 0.29) is 18.6 Å². The van der Waals surface area contributed by atoms with E-state index in [0.717, 1.165) is 42.7 Å². The Balaban J connectivity index is 1.30. The van der Waals surface area contributed by atoms with E-state index in [2.05, 4.69) is 20.8 Å². The smallest absolute Gasteiger partial charge is 0.231 e. The van der Waals surface area contributed by atoms with Crippen molar-refractivity contribution in [2.24, 2.45) is 5.92 Å². The molecule has 1 aromatic carbocycles. The topological polar surface area (TPSA) is 85.4 Å². The van der Waals surface area contributed by atoms with Crippen LogP contribution in [0.4, 0.5) is 11.6 Å². The van der Waals surface area contributed by atoms with Crippen molar-refractivity contribution >= 4 is 17.5 Å². The van der Waals surface area contributed by atoms with Crippen molar-refractivity contribution in [3.05, 3.63) is 35.9 Å². The first-order valence-corrected chi connectivity index (χ1v) is 9.05. The van der Waals surface area contributed by atoms with Crippen molar-refractivity contribution in [2.75, 3.05) is 17.4 Å². The van der Waals surface area contributed by atoms with E-state index in [1.165, 1.54) is 6.42 Å². The number of ether oxygens (including phenoxy) is 2. The molecule has 0 atom stereocenters. The summed E-state index contributed by atoms with van der Waals surface area (Å²) in [6.45, 7) is 0.866. The molecule has 136 valence electrons. The predicted molar refractivity (Wildman–Crippen MR) is 97.1 cm³/mol. The molecule has 0 radical (unpaired) electrons. The summed E-state index contributed by atoms with van der Waals surface area (Å²) in [4.78, 5) is 12.2. The Morgan fingerprint density at radius 2 is 1.77 bits per heavy atom. The molecule has 0 spiro atoms. The molecule has 7 nitrogen and oxygen atoms in total. The summed E-state index contributed by atoms with van der Waals surface area (Å²) in [5.41, 5.74) is 1.06. The summed E-state index contributed by atoms with van der Waals surface area (Å²) in [5.74, 6) is 2.84. The number of amides is 1. The van der Waals surface area contributed by atoms with E-state index in [4.69, 9.17) is 9.47 Å². The van der Waals surface area contributed by atoms with Gasteiger partial charge in [-0.2, -0.15) is 0 Å². The second-order valence-electron chi connectivity index (χ2n) is 6.67. The maximum Gasteiger partial charge on any atom is 0.231 e. The van der Waals surface area contributed by atoms with Gasteiger partial charge in [-0.1, -0.05) is 25.3 Å². The highest BCUT2D eigenvalue weighted by Gasteiger charge is 2.21. The minimum atomic E-state index is 0.0556. The lowest BCUT2D eigenvalue weighted by molar-refractivity contribution is -0.120. The van der Waals surface area contributed by atoms with Crippen LogP contribution in [0.3, 0.4) is 0 Å². The van der Waals surface area contributed by atoms with E-state index in [0.29, 0.717) is 18.2 Å². The van der Waals surface area contributed by atoms with Crippen LogP contribution >= 0.6 is 0 Å². The zero-order valence-corrected chi connectivity index (χ0v) is 14.5. The number of nitrogens with one attached hydrogen (secondary N) is 2. The lowest BCUT2D eigenvalue weighted by Crippen LogP contribution is -2.25. The number of carbonyl (C=O) groups is 1. The third-order valence-electron chi connectivity index (χ3n) is 4.80. The second kappa shape index (κ2) is 7.59. The number of hydrogen-bond acceptors (Lipinski definition) is 6. The normalized spacial score (nSPS) is 16.3. The van der Waals surface area contributed by atoms with Gasteiger partial charge in [0.2, 0.25) is 12.7 Å². The first-order valence-electron chi connectivity index (χ1n) is 9.05. The number of carbonyl (C=O) groups excluding carboxylic acids is 1. The lowest BCUT2D eigenvalue weighted by atomic mass is 9.89. The molecule has 1 aliphatic carbocycles. The highest BCUT2D eigenvalue weighted by Crippen LogP contribution is 2.32. The van der Waals surface area contributed by atoms with Crippen LogP contribution in [0.1, 0.15) is 37.7 Å². The Labute approximate surface area is 152 Å². The molecule has 1 saturated carbocycles. The fourth-order valence-electron chi connectivity index (χ4n) is 3.33. The maximum atomic E-state index is 12.2. The summed E-state index contributed by atoms with van der Waals surface area (Å²) in [5, 5.41) is 14.3. The van der Waals surface area contributed by atoms with Crippen LogP contribution in [0.25, 0.3) is 0 Å². The quantitative estimate of drug-likeness (QED) is 0.857. The monoisotopic (exact) mass is 354 g/mol. The molecule has 2 aliphatic rings. The van der Waals surface area contributed by atoms with Crippen LogP contribution in [-0.2, 0) is 11.3 Å². The molecule has 2 N–H and O–H groups in total. The minimum Gasteiger partial charge on any atom is -0.454 e. The molecule has 4 rings (SSSR count).